The summed E-state index contributed by atoms with van der Waals surface area (Å²) in [5.74, 6) is 0. The molecule has 2 heterocycles. The topological polar surface area (TPSA) is 50.4 Å². The zero-order chi connectivity index (χ0) is 7.68. The van der Waals surface area contributed by atoms with Crippen molar-refractivity contribution in [1.29, 1.82) is 0 Å². The van der Waals surface area contributed by atoms with E-state index < -0.39 is 0 Å². The molecule has 0 aliphatic heterocycles. The number of hydrogen-bond donors (Lipinski definition) is 1. The van der Waals surface area contributed by atoms with Gasteiger partial charge in [0, 0.05) is 6.20 Å². The van der Waals surface area contributed by atoms with Gasteiger partial charge < -0.3 is 5.11 Å². The van der Waals surface area contributed by atoms with Gasteiger partial charge in [0.1, 0.15) is 0 Å². The molecule has 4 heteroatoms. The Hall–Kier alpha value is -1.42. The Morgan fingerprint density at radius 2 is 2.45 bits per heavy atom. The van der Waals surface area contributed by atoms with E-state index >= 15 is 0 Å². The molecule has 2 aromatic heterocycles. The summed E-state index contributed by atoms with van der Waals surface area (Å²) >= 11 is 0. The van der Waals surface area contributed by atoms with Crippen LogP contribution in [0.2, 0.25) is 0 Å². The number of imidazole rings is 1. The second kappa shape index (κ2) is 2.32. The Bertz CT molecular complexity index is 368. The Balaban J connectivity index is 2.67. The highest BCUT2D eigenvalue weighted by molar-refractivity contribution is 5.34. The molecule has 2 rings (SSSR count). The van der Waals surface area contributed by atoms with Crippen LogP contribution in [0.5, 0.6) is 0 Å². The number of aromatic nitrogens is 3. The maximum absolute atomic E-state index is 8.72. The molecule has 0 unspecified atom stereocenters. The number of rotatable bonds is 1. The zero-order valence-electron chi connectivity index (χ0n) is 5.73. The molecule has 55 valence electrons. The van der Waals surface area contributed by atoms with Gasteiger partial charge in [0.2, 0.25) is 0 Å². The predicted octanol–water partition coefficient (Wildman–Crippen LogP) is 0.0218. The number of aliphatic hydroxyl groups excluding tert-OH is 1. The summed E-state index contributed by atoms with van der Waals surface area (Å²) in [6.45, 7) is -0.0536. The van der Waals surface area contributed by atoms with Gasteiger partial charge in [-0.1, -0.05) is 0 Å². The third-order valence-corrected chi connectivity index (χ3v) is 1.43. The lowest BCUT2D eigenvalue weighted by atomic mass is 10.5. The number of nitrogens with zero attached hydrogens (tertiary/aromatic N) is 3. The maximum Gasteiger partial charge on any atom is 0.155 e. The van der Waals surface area contributed by atoms with Gasteiger partial charge in [-0.2, -0.15) is 0 Å². The van der Waals surface area contributed by atoms with Gasteiger partial charge in [-0.25, -0.2) is 4.98 Å². The van der Waals surface area contributed by atoms with Gasteiger partial charge in [-0.3, -0.25) is 9.38 Å². The second-order valence-corrected chi connectivity index (χ2v) is 2.15. The Labute approximate surface area is 63.1 Å². The first kappa shape index (κ1) is 6.30. The van der Waals surface area contributed by atoms with E-state index in [4.69, 9.17) is 5.11 Å². The average molecular weight is 148 g/mol. The smallest absolute Gasteiger partial charge is 0.155 e. The molecule has 4 nitrogen and oxygen atoms in total. The van der Waals surface area contributed by atoms with Crippen LogP contribution < -0.4 is 0 Å². The average Bonchev–Trinajstić information content (AvgIpc) is 2.50. The summed E-state index contributed by atoms with van der Waals surface area (Å²) in [5.41, 5.74) is 1.36. The standard InChI is InChI=1S/C7H6N3O/c11-5-6-4-10-2-1-8-7(10)3-9-6/h1,3-4,11H,5H2. The fourth-order valence-electron chi connectivity index (χ4n) is 0.889. The monoisotopic (exact) mass is 148 g/mol. The van der Waals surface area contributed by atoms with Gasteiger partial charge in [0.25, 0.3) is 0 Å². The molecular weight excluding hydrogens is 142 g/mol. The Morgan fingerprint density at radius 3 is 3.27 bits per heavy atom. The van der Waals surface area contributed by atoms with Crippen molar-refractivity contribution in [2.75, 3.05) is 0 Å². The van der Waals surface area contributed by atoms with Crippen molar-refractivity contribution in [2.45, 2.75) is 6.61 Å². The minimum atomic E-state index is -0.0536. The molecule has 2 aromatic rings. The van der Waals surface area contributed by atoms with E-state index in [-0.39, 0.29) is 6.61 Å². The van der Waals surface area contributed by atoms with E-state index in [1.165, 1.54) is 0 Å². The zero-order valence-corrected chi connectivity index (χ0v) is 5.73. The Morgan fingerprint density at radius 1 is 1.55 bits per heavy atom. The molecular formula is C7H6N3O. The van der Waals surface area contributed by atoms with Crippen LogP contribution >= 0.6 is 0 Å². The summed E-state index contributed by atoms with van der Waals surface area (Å²) in [6, 6.07) is 0. The normalized spacial score (nSPS) is 10.6. The van der Waals surface area contributed by atoms with Crippen LogP contribution in [0.25, 0.3) is 5.65 Å². The van der Waals surface area contributed by atoms with E-state index in [2.05, 4.69) is 16.2 Å². The highest BCUT2D eigenvalue weighted by Crippen LogP contribution is 1.99. The van der Waals surface area contributed by atoms with Crippen LogP contribution in [0.3, 0.4) is 0 Å². The van der Waals surface area contributed by atoms with Crippen molar-refractivity contribution < 1.29 is 5.11 Å². The molecule has 0 bridgehead atoms. The molecule has 0 saturated carbocycles. The van der Waals surface area contributed by atoms with E-state index in [0.717, 1.165) is 5.65 Å². The lowest BCUT2D eigenvalue weighted by Gasteiger charge is -1.94. The van der Waals surface area contributed by atoms with Crippen LogP contribution in [0, 0.1) is 6.20 Å². The molecule has 11 heavy (non-hydrogen) atoms. The lowest BCUT2D eigenvalue weighted by molar-refractivity contribution is 0.276. The minimum absolute atomic E-state index is 0.0536. The molecule has 0 fully saturated rings. The van der Waals surface area contributed by atoms with Crippen LogP contribution in [0.4, 0.5) is 0 Å². The number of aliphatic hydroxyl groups is 1. The van der Waals surface area contributed by atoms with Crippen LogP contribution in [0.15, 0.2) is 18.6 Å². The Kier molecular flexibility index (Phi) is 1.33. The molecule has 0 spiro atoms. The first-order valence-corrected chi connectivity index (χ1v) is 3.20. The first-order chi connectivity index (χ1) is 5.40. The van der Waals surface area contributed by atoms with E-state index in [9.17, 15) is 0 Å². The highest BCUT2D eigenvalue weighted by atomic mass is 16.3. The summed E-state index contributed by atoms with van der Waals surface area (Å²) in [6.07, 6.45) is 7.71. The maximum atomic E-state index is 8.72. The fraction of sp³-hybridized carbons (Fsp3) is 0.143. The van der Waals surface area contributed by atoms with Crippen LogP contribution in [-0.2, 0) is 6.61 Å². The van der Waals surface area contributed by atoms with E-state index in [1.54, 1.807) is 23.0 Å². The van der Waals surface area contributed by atoms with Gasteiger partial charge in [-0.05, 0) is 0 Å². The van der Waals surface area contributed by atoms with Gasteiger partial charge in [0.15, 0.2) is 5.65 Å². The molecule has 0 aliphatic carbocycles. The third kappa shape index (κ3) is 0.969. The third-order valence-electron chi connectivity index (χ3n) is 1.43. The lowest BCUT2D eigenvalue weighted by Crippen LogP contribution is -1.93. The van der Waals surface area contributed by atoms with E-state index in [1.807, 2.05) is 0 Å². The molecule has 0 saturated heterocycles. The van der Waals surface area contributed by atoms with E-state index in [0.29, 0.717) is 5.69 Å². The van der Waals surface area contributed by atoms with Crippen molar-refractivity contribution in [3.8, 4) is 0 Å². The molecule has 0 amide bonds. The van der Waals surface area contributed by atoms with Crippen molar-refractivity contribution >= 4 is 5.65 Å². The second-order valence-electron chi connectivity index (χ2n) is 2.15. The van der Waals surface area contributed by atoms with Crippen molar-refractivity contribution in [1.82, 2.24) is 14.4 Å². The first-order valence-electron chi connectivity index (χ1n) is 3.20. The van der Waals surface area contributed by atoms with Crippen molar-refractivity contribution in [2.24, 2.45) is 0 Å². The molecule has 1 radical (unpaired) electrons. The molecule has 1 N–H and O–H groups in total. The quantitative estimate of drug-likeness (QED) is 0.620. The summed E-state index contributed by atoms with van der Waals surface area (Å²) in [5, 5.41) is 8.72. The summed E-state index contributed by atoms with van der Waals surface area (Å²) in [4.78, 5) is 7.90. The largest absolute Gasteiger partial charge is 0.390 e. The van der Waals surface area contributed by atoms with Gasteiger partial charge >= 0.3 is 0 Å². The molecule has 0 aromatic carbocycles. The molecule has 0 atom stereocenters. The molecule has 0 aliphatic rings. The van der Waals surface area contributed by atoms with Crippen LogP contribution in [0.1, 0.15) is 5.69 Å². The predicted molar refractivity (Wildman–Crippen MR) is 37.7 cm³/mol. The number of hydrogen-bond acceptors (Lipinski definition) is 3. The van der Waals surface area contributed by atoms with Crippen LogP contribution in [-0.4, -0.2) is 19.5 Å². The SMILES string of the molecule is OCc1cn2[c]cnc2cn1. The highest BCUT2D eigenvalue weighted by Gasteiger charge is 1.95. The minimum Gasteiger partial charge on any atom is -0.390 e. The summed E-state index contributed by atoms with van der Waals surface area (Å²) < 4.78 is 1.69. The van der Waals surface area contributed by atoms with Crippen molar-refractivity contribution in [3.63, 3.8) is 0 Å². The van der Waals surface area contributed by atoms with Crippen molar-refractivity contribution in [3.05, 3.63) is 30.5 Å². The summed E-state index contributed by atoms with van der Waals surface area (Å²) in [7, 11) is 0. The number of fused-ring (bicyclic) bond motifs is 1. The van der Waals surface area contributed by atoms with Gasteiger partial charge in [0.05, 0.1) is 30.9 Å². The fourth-order valence-corrected chi connectivity index (χ4v) is 0.889. The van der Waals surface area contributed by atoms with Gasteiger partial charge in [-0.15, -0.1) is 0 Å².